The predicted octanol–water partition coefficient (Wildman–Crippen LogP) is 2.60. The van der Waals surface area contributed by atoms with Crippen molar-refractivity contribution in [3.63, 3.8) is 0 Å². The van der Waals surface area contributed by atoms with E-state index in [-0.39, 0.29) is 18.3 Å². The van der Waals surface area contributed by atoms with E-state index in [4.69, 9.17) is 0 Å². The minimum absolute atomic E-state index is 0.0821. The van der Waals surface area contributed by atoms with Crippen LogP contribution in [-0.4, -0.2) is 17.6 Å². The molecule has 1 unspecified atom stereocenters. The third-order valence-corrected chi connectivity index (χ3v) is 3.06. The van der Waals surface area contributed by atoms with E-state index >= 15 is 0 Å². The summed E-state index contributed by atoms with van der Waals surface area (Å²) < 4.78 is 13.1. The Hall–Kier alpha value is -2.20. The van der Waals surface area contributed by atoms with Crippen LogP contribution in [0, 0.1) is 12.7 Å². The van der Waals surface area contributed by atoms with Gasteiger partial charge in [-0.1, -0.05) is 30.3 Å². The zero-order valence-electron chi connectivity index (χ0n) is 11.1. The fourth-order valence-corrected chi connectivity index (χ4v) is 1.87. The number of benzene rings is 2. The molecular formula is C16H16FNO2. The summed E-state index contributed by atoms with van der Waals surface area (Å²) in [6, 6.07) is 13.2. The summed E-state index contributed by atoms with van der Waals surface area (Å²) in [4.78, 5) is 11.8. The van der Waals surface area contributed by atoms with E-state index in [1.54, 1.807) is 37.3 Å². The first-order chi connectivity index (χ1) is 9.58. The zero-order valence-corrected chi connectivity index (χ0v) is 11.1. The molecule has 0 heterocycles. The highest BCUT2D eigenvalue weighted by molar-refractivity contribution is 5.94. The number of rotatable bonds is 4. The van der Waals surface area contributed by atoms with Crippen molar-refractivity contribution in [3.8, 4) is 0 Å². The maximum absolute atomic E-state index is 13.1. The molecule has 0 aliphatic rings. The standard InChI is InChI=1S/C16H16FNO2/c1-11-9-13(7-8-14(11)17)15(19)10-18-16(20)12-5-3-2-4-6-12/h2-9,15,19H,10H2,1H3,(H,18,20). The van der Waals surface area contributed by atoms with Gasteiger partial charge in [0.15, 0.2) is 0 Å². The molecule has 0 fully saturated rings. The Morgan fingerprint density at radius 3 is 2.60 bits per heavy atom. The lowest BCUT2D eigenvalue weighted by Crippen LogP contribution is -2.28. The first kappa shape index (κ1) is 14.2. The van der Waals surface area contributed by atoms with E-state index < -0.39 is 6.10 Å². The van der Waals surface area contributed by atoms with E-state index in [2.05, 4.69) is 5.32 Å². The summed E-state index contributed by atoms with van der Waals surface area (Å²) in [6.45, 7) is 1.72. The average Bonchev–Trinajstić information content (AvgIpc) is 2.48. The third-order valence-electron chi connectivity index (χ3n) is 3.06. The molecule has 2 N–H and O–H groups in total. The number of carbonyl (C=O) groups excluding carboxylic acids is 1. The number of aryl methyl sites for hydroxylation is 1. The van der Waals surface area contributed by atoms with Crippen LogP contribution < -0.4 is 5.32 Å². The van der Waals surface area contributed by atoms with E-state index in [0.717, 1.165) is 0 Å². The van der Waals surface area contributed by atoms with Gasteiger partial charge < -0.3 is 10.4 Å². The quantitative estimate of drug-likeness (QED) is 0.899. The van der Waals surface area contributed by atoms with Crippen LogP contribution in [0.4, 0.5) is 4.39 Å². The Labute approximate surface area is 117 Å². The second-order valence-electron chi connectivity index (χ2n) is 4.60. The zero-order chi connectivity index (χ0) is 14.5. The molecule has 0 aliphatic heterocycles. The average molecular weight is 273 g/mol. The summed E-state index contributed by atoms with van der Waals surface area (Å²) in [5.41, 5.74) is 1.59. The molecule has 0 aromatic heterocycles. The normalized spacial score (nSPS) is 11.9. The van der Waals surface area contributed by atoms with E-state index in [1.807, 2.05) is 6.07 Å². The molecule has 0 bridgehead atoms. The Morgan fingerprint density at radius 2 is 1.95 bits per heavy atom. The molecule has 0 spiro atoms. The van der Waals surface area contributed by atoms with Gasteiger partial charge in [-0.05, 0) is 36.2 Å². The predicted molar refractivity (Wildman–Crippen MR) is 74.9 cm³/mol. The molecule has 0 radical (unpaired) electrons. The lowest BCUT2D eigenvalue weighted by atomic mass is 10.1. The smallest absolute Gasteiger partial charge is 0.251 e. The Bertz CT molecular complexity index is 599. The van der Waals surface area contributed by atoms with Crippen LogP contribution in [0.3, 0.4) is 0 Å². The molecule has 0 saturated heterocycles. The van der Waals surface area contributed by atoms with Gasteiger partial charge >= 0.3 is 0 Å². The van der Waals surface area contributed by atoms with Gasteiger partial charge in [0, 0.05) is 12.1 Å². The van der Waals surface area contributed by atoms with Gasteiger partial charge in [-0.2, -0.15) is 0 Å². The monoisotopic (exact) mass is 273 g/mol. The van der Waals surface area contributed by atoms with Crippen molar-refractivity contribution in [3.05, 3.63) is 71.0 Å². The van der Waals surface area contributed by atoms with Crippen LogP contribution in [0.2, 0.25) is 0 Å². The molecule has 3 nitrogen and oxygen atoms in total. The highest BCUT2D eigenvalue weighted by Gasteiger charge is 2.11. The molecular weight excluding hydrogens is 257 g/mol. The molecule has 2 aromatic rings. The number of halogens is 1. The molecule has 20 heavy (non-hydrogen) atoms. The van der Waals surface area contributed by atoms with E-state index in [1.165, 1.54) is 12.1 Å². The lowest BCUT2D eigenvalue weighted by molar-refractivity contribution is 0.0916. The molecule has 2 aromatic carbocycles. The van der Waals surface area contributed by atoms with Gasteiger partial charge in [-0.15, -0.1) is 0 Å². The molecule has 0 saturated carbocycles. The van der Waals surface area contributed by atoms with Crippen LogP contribution in [0.1, 0.15) is 27.6 Å². The van der Waals surface area contributed by atoms with Gasteiger partial charge in [0.2, 0.25) is 0 Å². The summed E-state index contributed by atoms with van der Waals surface area (Å²) in [7, 11) is 0. The van der Waals surface area contributed by atoms with Gasteiger partial charge in [0.05, 0.1) is 6.10 Å². The minimum Gasteiger partial charge on any atom is -0.387 e. The van der Waals surface area contributed by atoms with Gasteiger partial charge in [-0.3, -0.25) is 4.79 Å². The summed E-state index contributed by atoms with van der Waals surface area (Å²) >= 11 is 0. The first-order valence-corrected chi connectivity index (χ1v) is 6.35. The van der Waals surface area contributed by atoms with Gasteiger partial charge in [-0.25, -0.2) is 4.39 Å². The maximum Gasteiger partial charge on any atom is 0.251 e. The van der Waals surface area contributed by atoms with E-state index in [0.29, 0.717) is 16.7 Å². The highest BCUT2D eigenvalue weighted by Crippen LogP contribution is 2.16. The number of nitrogens with one attached hydrogen (secondary N) is 1. The van der Waals surface area contributed by atoms with Crippen molar-refractivity contribution in [2.24, 2.45) is 0 Å². The van der Waals surface area contributed by atoms with Crippen molar-refractivity contribution >= 4 is 5.91 Å². The lowest BCUT2D eigenvalue weighted by Gasteiger charge is -2.13. The van der Waals surface area contributed by atoms with Crippen molar-refractivity contribution in [1.82, 2.24) is 5.32 Å². The van der Waals surface area contributed by atoms with Crippen molar-refractivity contribution in [2.75, 3.05) is 6.54 Å². The summed E-state index contributed by atoms with van der Waals surface area (Å²) in [5, 5.41) is 12.6. The molecule has 2 rings (SSSR count). The Morgan fingerprint density at radius 1 is 1.25 bits per heavy atom. The second kappa shape index (κ2) is 6.30. The molecule has 4 heteroatoms. The fourth-order valence-electron chi connectivity index (χ4n) is 1.87. The Balaban J connectivity index is 1.96. The number of aliphatic hydroxyl groups excluding tert-OH is 1. The van der Waals surface area contributed by atoms with Crippen LogP contribution in [0.5, 0.6) is 0 Å². The van der Waals surface area contributed by atoms with Crippen molar-refractivity contribution < 1.29 is 14.3 Å². The van der Waals surface area contributed by atoms with Crippen molar-refractivity contribution in [2.45, 2.75) is 13.0 Å². The summed E-state index contributed by atoms with van der Waals surface area (Å²) in [5.74, 6) is -0.558. The third kappa shape index (κ3) is 3.42. The highest BCUT2D eigenvalue weighted by atomic mass is 19.1. The maximum atomic E-state index is 13.1. The number of amides is 1. The number of hydrogen-bond donors (Lipinski definition) is 2. The molecule has 104 valence electrons. The van der Waals surface area contributed by atoms with E-state index in [9.17, 15) is 14.3 Å². The number of carbonyl (C=O) groups is 1. The molecule has 0 aliphatic carbocycles. The fraction of sp³-hybridized carbons (Fsp3) is 0.188. The van der Waals surface area contributed by atoms with Gasteiger partial charge in [0.1, 0.15) is 5.82 Å². The number of hydrogen-bond acceptors (Lipinski definition) is 2. The van der Waals surface area contributed by atoms with Crippen molar-refractivity contribution in [1.29, 1.82) is 0 Å². The largest absolute Gasteiger partial charge is 0.387 e. The Kier molecular flexibility index (Phi) is 4.48. The molecule has 1 atom stereocenters. The van der Waals surface area contributed by atoms with Gasteiger partial charge in [0.25, 0.3) is 5.91 Å². The SMILES string of the molecule is Cc1cc(C(O)CNC(=O)c2ccccc2)ccc1F. The second-order valence-corrected chi connectivity index (χ2v) is 4.60. The van der Waals surface area contributed by atoms with Crippen LogP contribution >= 0.6 is 0 Å². The molecule has 1 amide bonds. The van der Waals surface area contributed by atoms with Crippen LogP contribution in [0.25, 0.3) is 0 Å². The topological polar surface area (TPSA) is 49.3 Å². The number of aliphatic hydroxyl groups is 1. The van der Waals surface area contributed by atoms with Crippen LogP contribution in [-0.2, 0) is 0 Å². The van der Waals surface area contributed by atoms with Crippen LogP contribution in [0.15, 0.2) is 48.5 Å². The minimum atomic E-state index is -0.859. The first-order valence-electron chi connectivity index (χ1n) is 6.35. The summed E-state index contributed by atoms with van der Waals surface area (Å²) in [6.07, 6.45) is -0.859.